The molecule has 0 bridgehead atoms. The van der Waals surface area contributed by atoms with E-state index in [1.165, 1.54) is 0 Å². The Labute approximate surface area is 110 Å². The zero-order valence-electron chi connectivity index (χ0n) is 10.2. The van der Waals surface area contributed by atoms with Gasteiger partial charge in [-0.15, -0.1) is 0 Å². The zero-order valence-corrected chi connectivity index (χ0v) is 10.2. The highest BCUT2D eigenvalue weighted by atomic mass is 16.5. The van der Waals surface area contributed by atoms with Crippen LogP contribution in [0.4, 0.5) is 0 Å². The maximum atomic E-state index is 11.3. The van der Waals surface area contributed by atoms with E-state index in [4.69, 9.17) is 0 Å². The number of ketones is 1. The van der Waals surface area contributed by atoms with Crippen LogP contribution >= 0.6 is 0 Å². The van der Waals surface area contributed by atoms with Crippen molar-refractivity contribution in [2.24, 2.45) is 5.92 Å². The molecular formula is C15H13NO3. The third-order valence-corrected chi connectivity index (χ3v) is 3.45. The molecule has 1 aliphatic rings. The molecule has 1 unspecified atom stereocenters. The summed E-state index contributed by atoms with van der Waals surface area (Å²) in [6, 6.07) is 13.4. The van der Waals surface area contributed by atoms with E-state index in [2.05, 4.69) is 4.98 Å². The van der Waals surface area contributed by atoms with Gasteiger partial charge in [0.05, 0.1) is 5.92 Å². The average molecular weight is 255 g/mol. The smallest absolute Gasteiger partial charge is 0.235 e. The molecule has 1 heterocycles. The minimum absolute atomic E-state index is 0.247. The third kappa shape index (κ3) is 2.05. The molecule has 96 valence electrons. The van der Waals surface area contributed by atoms with Crippen molar-refractivity contribution in [3.8, 4) is 11.1 Å². The lowest BCUT2D eigenvalue weighted by Gasteiger charge is -2.08. The van der Waals surface area contributed by atoms with Gasteiger partial charge in [-0.05, 0) is 11.6 Å². The van der Waals surface area contributed by atoms with Crippen molar-refractivity contribution in [1.82, 2.24) is 4.98 Å². The SMILES string of the molecule is O=C1C(Cc2ncccc2-c2ccccc2)C1(O)O. The first-order valence-corrected chi connectivity index (χ1v) is 6.09. The van der Waals surface area contributed by atoms with E-state index in [0.717, 1.165) is 11.1 Å². The van der Waals surface area contributed by atoms with Crippen LogP contribution in [0.25, 0.3) is 11.1 Å². The van der Waals surface area contributed by atoms with Gasteiger partial charge >= 0.3 is 0 Å². The molecule has 1 aliphatic carbocycles. The molecule has 1 aromatic carbocycles. The number of aromatic nitrogens is 1. The van der Waals surface area contributed by atoms with Gasteiger partial charge in [-0.2, -0.15) is 0 Å². The van der Waals surface area contributed by atoms with E-state index in [9.17, 15) is 15.0 Å². The molecule has 0 aliphatic heterocycles. The molecule has 4 nitrogen and oxygen atoms in total. The number of carbonyl (C=O) groups is 1. The first kappa shape index (κ1) is 12.0. The van der Waals surface area contributed by atoms with Gasteiger partial charge in [0, 0.05) is 23.9 Å². The van der Waals surface area contributed by atoms with E-state index in [1.54, 1.807) is 6.20 Å². The first-order chi connectivity index (χ1) is 9.10. The van der Waals surface area contributed by atoms with Gasteiger partial charge in [0.1, 0.15) is 0 Å². The number of aliphatic hydroxyl groups is 2. The predicted molar refractivity (Wildman–Crippen MR) is 69.0 cm³/mol. The number of Topliss-reactive ketones (excluding diaryl/α,β-unsaturated/α-hetero) is 1. The van der Waals surface area contributed by atoms with Gasteiger partial charge in [-0.1, -0.05) is 36.4 Å². The van der Waals surface area contributed by atoms with Crippen molar-refractivity contribution < 1.29 is 15.0 Å². The highest BCUT2D eigenvalue weighted by Crippen LogP contribution is 2.39. The van der Waals surface area contributed by atoms with Gasteiger partial charge in [0.25, 0.3) is 0 Å². The lowest BCUT2D eigenvalue weighted by molar-refractivity contribution is -0.134. The Morgan fingerprint density at radius 2 is 1.79 bits per heavy atom. The molecule has 2 aromatic rings. The molecule has 2 N–H and O–H groups in total. The molecule has 19 heavy (non-hydrogen) atoms. The van der Waals surface area contributed by atoms with Crippen LogP contribution in [0.2, 0.25) is 0 Å². The fourth-order valence-electron chi connectivity index (χ4n) is 2.25. The molecule has 1 atom stereocenters. The minimum Gasteiger partial charge on any atom is -0.359 e. The van der Waals surface area contributed by atoms with Gasteiger partial charge in [0.2, 0.25) is 11.6 Å². The average Bonchev–Trinajstić information content (AvgIpc) is 2.90. The number of hydrogen-bond acceptors (Lipinski definition) is 4. The summed E-state index contributed by atoms with van der Waals surface area (Å²) in [5, 5.41) is 18.7. The van der Waals surface area contributed by atoms with Crippen LogP contribution < -0.4 is 0 Å². The summed E-state index contributed by atoms with van der Waals surface area (Å²) in [6.07, 6.45) is 1.89. The van der Waals surface area contributed by atoms with Crippen molar-refractivity contribution in [2.75, 3.05) is 0 Å². The molecule has 1 fully saturated rings. The Balaban J connectivity index is 1.93. The van der Waals surface area contributed by atoms with Gasteiger partial charge in [-0.25, -0.2) is 0 Å². The number of benzene rings is 1. The molecule has 0 saturated heterocycles. The number of rotatable bonds is 3. The molecular weight excluding hydrogens is 242 g/mol. The van der Waals surface area contributed by atoms with E-state index >= 15 is 0 Å². The summed E-state index contributed by atoms with van der Waals surface area (Å²) in [5.41, 5.74) is 2.62. The van der Waals surface area contributed by atoms with Gasteiger partial charge in [-0.3, -0.25) is 9.78 Å². The second-order valence-electron chi connectivity index (χ2n) is 4.71. The van der Waals surface area contributed by atoms with Crippen LogP contribution in [0.5, 0.6) is 0 Å². The van der Waals surface area contributed by atoms with E-state index in [-0.39, 0.29) is 6.42 Å². The van der Waals surface area contributed by atoms with Crippen molar-refractivity contribution in [2.45, 2.75) is 12.2 Å². The fourth-order valence-corrected chi connectivity index (χ4v) is 2.25. The minimum atomic E-state index is -2.16. The van der Waals surface area contributed by atoms with Gasteiger partial charge in [0.15, 0.2) is 0 Å². The van der Waals surface area contributed by atoms with Crippen LogP contribution in [0.3, 0.4) is 0 Å². The van der Waals surface area contributed by atoms with Crippen LogP contribution in [-0.2, 0) is 11.2 Å². The lowest BCUT2D eigenvalue weighted by Crippen LogP contribution is -2.12. The maximum absolute atomic E-state index is 11.3. The number of nitrogens with zero attached hydrogens (tertiary/aromatic N) is 1. The standard InChI is InChI=1S/C15H13NO3/c17-14-12(15(14,18)19)9-13-11(7-4-8-16-13)10-5-2-1-3-6-10/h1-8,12,18-19H,9H2. The van der Waals surface area contributed by atoms with Crippen LogP contribution in [0.15, 0.2) is 48.7 Å². The Kier molecular flexibility index (Phi) is 2.69. The molecule has 0 amide bonds. The van der Waals surface area contributed by atoms with E-state index in [0.29, 0.717) is 5.69 Å². The molecule has 1 saturated carbocycles. The highest BCUT2D eigenvalue weighted by Gasteiger charge is 2.63. The largest absolute Gasteiger partial charge is 0.359 e. The second-order valence-corrected chi connectivity index (χ2v) is 4.71. The normalized spacial score (nSPS) is 20.3. The maximum Gasteiger partial charge on any atom is 0.235 e. The summed E-state index contributed by atoms with van der Waals surface area (Å²) in [7, 11) is 0. The quantitative estimate of drug-likeness (QED) is 0.808. The van der Waals surface area contributed by atoms with E-state index < -0.39 is 17.5 Å². The van der Waals surface area contributed by atoms with Crippen molar-refractivity contribution in [3.05, 3.63) is 54.4 Å². The number of hydrogen-bond donors (Lipinski definition) is 2. The topological polar surface area (TPSA) is 70.4 Å². The summed E-state index contributed by atoms with van der Waals surface area (Å²) >= 11 is 0. The Hall–Kier alpha value is -2.04. The summed E-state index contributed by atoms with van der Waals surface area (Å²) in [5.74, 6) is -3.45. The molecule has 1 aromatic heterocycles. The summed E-state index contributed by atoms with van der Waals surface area (Å²) in [4.78, 5) is 15.5. The number of carbonyl (C=O) groups excluding carboxylic acids is 1. The van der Waals surface area contributed by atoms with Crippen molar-refractivity contribution in [1.29, 1.82) is 0 Å². The van der Waals surface area contributed by atoms with Crippen LogP contribution in [0, 0.1) is 5.92 Å². The first-order valence-electron chi connectivity index (χ1n) is 6.09. The zero-order chi connectivity index (χ0) is 13.5. The van der Waals surface area contributed by atoms with Crippen molar-refractivity contribution in [3.63, 3.8) is 0 Å². The van der Waals surface area contributed by atoms with Crippen LogP contribution in [0.1, 0.15) is 5.69 Å². The Bertz CT molecular complexity index is 622. The molecule has 0 spiro atoms. The summed E-state index contributed by atoms with van der Waals surface area (Å²) in [6.45, 7) is 0. The predicted octanol–water partition coefficient (Wildman–Crippen LogP) is 1.17. The molecule has 4 heteroatoms. The molecule has 3 rings (SSSR count). The summed E-state index contributed by atoms with van der Waals surface area (Å²) < 4.78 is 0. The number of pyridine rings is 1. The monoisotopic (exact) mass is 255 g/mol. The Morgan fingerprint density at radius 1 is 1.11 bits per heavy atom. The fraction of sp³-hybridized carbons (Fsp3) is 0.200. The van der Waals surface area contributed by atoms with Crippen molar-refractivity contribution >= 4 is 5.78 Å². The Morgan fingerprint density at radius 3 is 2.42 bits per heavy atom. The van der Waals surface area contributed by atoms with E-state index in [1.807, 2.05) is 42.5 Å². The highest BCUT2D eigenvalue weighted by molar-refractivity contribution is 6.05. The molecule has 0 radical (unpaired) electrons. The van der Waals surface area contributed by atoms with Gasteiger partial charge < -0.3 is 10.2 Å². The third-order valence-electron chi connectivity index (χ3n) is 3.45. The second kappa shape index (κ2) is 4.26. The van der Waals surface area contributed by atoms with Crippen LogP contribution in [-0.4, -0.2) is 26.8 Å². The lowest BCUT2D eigenvalue weighted by atomic mass is 10.0.